The molecule has 3 rings (SSSR count). The Labute approximate surface area is 167 Å². The normalized spacial score (nSPS) is 18.0. The summed E-state index contributed by atoms with van der Waals surface area (Å²) in [4.78, 5) is 50.5. The van der Waals surface area contributed by atoms with Gasteiger partial charge in [-0.1, -0.05) is 32.0 Å². The van der Waals surface area contributed by atoms with Crippen molar-refractivity contribution in [1.82, 2.24) is 0 Å². The van der Waals surface area contributed by atoms with Gasteiger partial charge in [0.15, 0.2) is 0 Å². The maximum atomic E-state index is 13.4. The Morgan fingerprint density at radius 2 is 1.69 bits per heavy atom. The monoisotopic (exact) mass is 395 g/mol. The van der Waals surface area contributed by atoms with Crippen molar-refractivity contribution < 1.29 is 28.7 Å². The number of Topliss-reactive ketones (excluding diaryl/α,β-unsaturated/α-hetero) is 2. The number of rotatable bonds is 4. The molecule has 0 heterocycles. The van der Waals surface area contributed by atoms with Crippen LogP contribution < -0.4 is 10.5 Å². The van der Waals surface area contributed by atoms with E-state index in [1.165, 1.54) is 31.2 Å². The van der Waals surface area contributed by atoms with Gasteiger partial charge in [0.1, 0.15) is 5.75 Å². The van der Waals surface area contributed by atoms with Crippen LogP contribution >= 0.6 is 0 Å². The lowest BCUT2D eigenvalue weighted by Gasteiger charge is -2.28. The predicted molar refractivity (Wildman–Crippen MR) is 105 cm³/mol. The zero-order valence-electron chi connectivity index (χ0n) is 16.6. The SMILES string of the molecule is CC(=O)Oc1cc(C(C)C)ccc1C1(OC(C)=O)C(=O)c2cccc(N)c2C1=O. The summed E-state index contributed by atoms with van der Waals surface area (Å²) in [5.74, 6) is -2.90. The fourth-order valence-electron chi connectivity index (χ4n) is 3.52. The minimum Gasteiger partial charge on any atom is -0.437 e. The number of nitrogen functional groups attached to an aromatic ring is 1. The number of benzene rings is 2. The summed E-state index contributed by atoms with van der Waals surface area (Å²) >= 11 is 0. The van der Waals surface area contributed by atoms with Gasteiger partial charge in [-0.05, 0) is 29.7 Å². The molecule has 0 saturated carbocycles. The number of hydrogen-bond acceptors (Lipinski definition) is 7. The molecule has 2 aromatic carbocycles. The van der Waals surface area contributed by atoms with Gasteiger partial charge in [-0.3, -0.25) is 19.2 Å². The van der Waals surface area contributed by atoms with Crippen LogP contribution in [0.2, 0.25) is 0 Å². The lowest BCUT2D eigenvalue weighted by atomic mass is 9.86. The number of nitrogens with two attached hydrogens (primary N) is 1. The molecule has 1 unspecified atom stereocenters. The number of fused-ring (bicyclic) bond motifs is 1. The van der Waals surface area contributed by atoms with Crippen LogP contribution in [-0.4, -0.2) is 23.5 Å². The van der Waals surface area contributed by atoms with Crippen molar-refractivity contribution in [2.75, 3.05) is 5.73 Å². The van der Waals surface area contributed by atoms with E-state index in [0.717, 1.165) is 12.5 Å². The zero-order valence-corrected chi connectivity index (χ0v) is 16.6. The van der Waals surface area contributed by atoms with Crippen molar-refractivity contribution in [3.8, 4) is 5.75 Å². The summed E-state index contributed by atoms with van der Waals surface area (Å²) in [6, 6.07) is 9.23. The Morgan fingerprint density at radius 1 is 1.00 bits per heavy atom. The third-order valence-corrected chi connectivity index (χ3v) is 4.81. The molecule has 0 fully saturated rings. The molecule has 0 radical (unpaired) electrons. The van der Waals surface area contributed by atoms with Gasteiger partial charge in [0.25, 0.3) is 5.60 Å². The van der Waals surface area contributed by atoms with E-state index in [0.29, 0.717) is 0 Å². The minimum atomic E-state index is -2.30. The quantitative estimate of drug-likeness (QED) is 0.366. The third-order valence-electron chi connectivity index (χ3n) is 4.81. The molecule has 0 spiro atoms. The third kappa shape index (κ3) is 3.18. The predicted octanol–water partition coefficient (Wildman–Crippen LogP) is 3.16. The van der Waals surface area contributed by atoms with Gasteiger partial charge in [0.2, 0.25) is 11.6 Å². The molecule has 7 nitrogen and oxygen atoms in total. The highest BCUT2D eigenvalue weighted by Gasteiger charge is 2.59. The van der Waals surface area contributed by atoms with E-state index in [4.69, 9.17) is 15.2 Å². The van der Waals surface area contributed by atoms with Crippen molar-refractivity contribution in [3.63, 3.8) is 0 Å². The summed E-state index contributed by atoms with van der Waals surface area (Å²) in [6.07, 6.45) is 0. The highest BCUT2D eigenvalue weighted by atomic mass is 16.6. The summed E-state index contributed by atoms with van der Waals surface area (Å²) < 4.78 is 10.7. The van der Waals surface area contributed by atoms with Gasteiger partial charge in [0, 0.05) is 25.1 Å². The molecule has 0 aromatic heterocycles. The van der Waals surface area contributed by atoms with Crippen LogP contribution in [0.4, 0.5) is 5.69 Å². The molecule has 7 heteroatoms. The number of ketones is 2. The Kier molecular flexibility index (Phi) is 5.00. The fraction of sp³-hybridized carbons (Fsp3) is 0.273. The average Bonchev–Trinajstić information content (AvgIpc) is 2.84. The van der Waals surface area contributed by atoms with Gasteiger partial charge in [-0.2, -0.15) is 0 Å². The van der Waals surface area contributed by atoms with Gasteiger partial charge >= 0.3 is 11.9 Å². The van der Waals surface area contributed by atoms with Crippen LogP contribution in [0.15, 0.2) is 36.4 Å². The van der Waals surface area contributed by atoms with Gasteiger partial charge in [-0.25, -0.2) is 0 Å². The Bertz CT molecular complexity index is 1060. The van der Waals surface area contributed by atoms with E-state index in [1.54, 1.807) is 12.1 Å². The molecular weight excluding hydrogens is 374 g/mol. The van der Waals surface area contributed by atoms with Crippen molar-refractivity contribution in [2.45, 2.75) is 39.2 Å². The van der Waals surface area contributed by atoms with Crippen molar-refractivity contribution in [3.05, 3.63) is 58.7 Å². The molecule has 0 amide bonds. The molecule has 0 bridgehead atoms. The van der Waals surface area contributed by atoms with Gasteiger partial charge in [-0.15, -0.1) is 0 Å². The molecule has 1 atom stereocenters. The fourth-order valence-corrected chi connectivity index (χ4v) is 3.52. The van der Waals surface area contributed by atoms with Crippen LogP contribution in [0.1, 0.15) is 65.5 Å². The number of ether oxygens (including phenoxy) is 2. The van der Waals surface area contributed by atoms with Crippen LogP contribution in [-0.2, 0) is 19.9 Å². The second-order valence-electron chi connectivity index (χ2n) is 7.21. The van der Waals surface area contributed by atoms with E-state index >= 15 is 0 Å². The Hall–Kier alpha value is -3.48. The van der Waals surface area contributed by atoms with E-state index in [2.05, 4.69) is 0 Å². The lowest BCUT2D eigenvalue weighted by molar-refractivity contribution is -0.149. The van der Waals surface area contributed by atoms with E-state index in [9.17, 15) is 19.2 Å². The average molecular weight is 395 g/mol. The molecule has 2 N–H and O–H groups in total. The molecule has 29 heavy (non-hydrogen) atoms. The van der Waals surface area contributed by atoms with Crippen molar-refractivity contribution in [1.29, 1.82) is 0 Å². The molecule has 0 saturated heterocycles. The number of anilines is 1. The first-order chi connectivity index (χ1) is 13.6. The first-order valence-electron chi connectivity index (χ1n) is 9.10. The topological polar surface area (TPSA) is 113 Å². The largest absolute Gasteiger partial charge is 0.437 e. The zero-order chi connectivity index (χ0) is 21.5. The number of carbonyl (C=O) groups excluding carboxylic acids is 4. The maximum absolute atomic E-state index is 13.4. The number of hydrogen-bond donors (Lipinski definition) is 1. The van der Waals surface area contributed by atoms with Crippen molar-refractivity contribution >= 4 is 29.2 Å². The van der Waals surface area contributed by atoms with Gasteiger partial charge < -0.3 is 15.2 Å². The van der Waals surface area contributed by atoms with Crippen LogP contribution in [0.3, 0.4) is 0 Å². The Balaban J connectivity index is 2.33. The molecule has 2 aromatic rings. The van der Waals surface area contributed by atoms with E-state index in [1.807, 2.05) is 13.8 Å². The van der Waals surface area contributed by atoms with Gasteiger partial charge in [0.05, 0.1) is 11.1 Å². The second-order valence-corrected chi connectivity index (χ2v) is 7.21. The van der Waals surface area contributed by atoms with E-state index in [-0.39, 0.29) is 34.0 Å². The van der Waals surface area contributed by atoms with E-state index < -0.39 is 29.1 Å². The summed E-state index contributed by atoms with van der Waals surface area (Å²) in [6.45, 7) is 6.19. The molecule has 150 valence electrons. The number of carbonyl (C=O) groups is 4. The molecule has 1 aliphatic rings. The molecule has 1 aliphatic carbocycles. The second kappa shape index (κ2) is 7.16. The molecular formula is C22H21NO6. The summed E-state index contributed by atoms with van der Waals surface area (Å²) in [5.41, 5.74) is 4.58. The highest BCUT2D eigenvalue weighted by Crippen LogP contribution is 2.46. The molecule has 0 aliphatic heterocycles. The summed E-state index contributed by atoms with van der Waals surface area (Å²) in [5, 5.41) is 0. The van der Waals surface area contributed by atoms with Crippen molar-refractivity contribution in [2.24, 2.45) is 0 Å². The number of esters is 2. The lowest BCUT2D eigenvalue weighted by Crippen LogP contribution is -2.43. The van der Waals surface area contributed by atoms with Crippen LogP contribution in [0.5, 0.6) is 5.75 Å². The first-order valence-corrected chi connectivity index (χ1v) is 9.10. The first kappa shape index (κ1) is 20.3. The smallest absolute Gasteiger partial charge is 0.308 e. The van der Waals surface area contributed by atoms with Crippen LogP contribution in [0, 0.1) is 0 Å². The van der Waals surface area contributed by atoms with Crippen LogP contribution in [0.25, 0.3) is 0 Å². The highest BCUT2D eigenvalue weighted by molar-refractivity contribution is 6.34. The maximum Gasteiger partial charge on any atom is 0.308 e. The standard InChI is InChI=1S/C22H21NO6/c1-11(2)14-8-9-16(18(10-14)28-12(3)24)22(29-13(4)25)20(26)15-6-5-7-17(23)19(15)21(22)27/h5-11H,23H2,1-4H3. The Morgan fingerprint density at radius 3 is 2.24 bits per heavy atom. The minimum absolute atomic E-state index is 0.0135. The summed E-state index contributed by atoms with van der Waals surface area (Å²) in [7, 11) is 0.